The van der Waals surface area contributed by atoms with Crippen molar-refractivity contribution < 1.29 is 9.47 Å². The zero-order valence-electron chi connectivity index (χ0n) is 10.9. The normalized spacial score (nSPS) is 19.1. The van der Waals surface area contributed by atoms with Gasteiger partial charge >= 0.3 is 0 Å². The van der Waals surface area contributed by atoms with Gasteiger partial charge < -0.3 is 15.2 Å². The molecule has 0 spiro atoms. The van der Waals surface area contributed by atoms with Gasteiger partial charge in [-0.15, -0.1) is 0 Å². The molecule has 1 atom stereocenters. The predicted molar refractivity (Wildman–Crippen MR) is 72.9 cm³/mol. The molecule has 100 valence electrons. The summed E-state index contributed by atoms with van der Waals surface area (Å²) in [6, 6.07) is 8.22. The van der Waals surface area contributed by atoms with Crippen LogP contribution in [-0.4, -0.2) is 25.9 Å². The number of rotatable bonds is 7. The highest BCUT2D eigenvalue weighted by molar-refractivity contribution is 5.27. The molecule has 3 nitrogen and oxygen atoms in total. The molecule has 1 aliphatic heterocycles. The second-order valence-electron chi connectivity index (χ2n) is 4.81. The minimum absolute atomic E-state index is 0.473. The fraction of sp³-hybridized carbons (Fsp3) is 0.600. The van der Waals surface area contributed by atoms with Gasteiger partial charge in [0.25, 0.3) is 0 Å². The summed E-state index contributed by atoms with van der Waals surface area (Å²) in [5.41, 5.74) is 6.78. The number of nitrogens with two attached hydrogens (primary N) is 1. The van der Waals surface area contributed by atoms with Crippen molar-refractivity contribution in [2.24, 2.45) is 5.73 Å². The highest BCUT2D eigenvalue weighted by Crippen LogP contribution is 2.17. The summed E-state index contributed by atoms with van der Waals surface area (Å²) in [5.74, 6) is 0.947. The number of hydrogen-bond acceptors (Lipinski definition) is 3. The molecule has 1 unspecified atom stereocenters. The van der Waals surface area contributed by atoms with E-state index in [1.807, 2.05) is 12.1 Å². The molecule has 1 aromatic carbocycles. The van der Waals surface area contributed by atoms with Gasteiger partial charge in [-0.05, 0) is 56.3 Å². The Balaban J connectivity index is 1.63. The molecule has 0 amide bonds. The quantitative estimate of drug-likeness (QED) is 0.755. The maximum Gasteiger partial charge on any atom is 0.119 e. The van der Waals surface area contributed by atoms with Crippen LogP contribution in [0.4, 0.5) is 0 Å². The third-order valence-electron chi connectivity index (χ3n) is 3.32. The lowest BCUT2D eigenvalue weighted by Crippen LogP contribution is -2.07. The van der Waals surface area contributed by atoms with Crippen molar-refractivity contribution in [3.8, 4) is 5.75 Å². The first-order valence-corrected chi connectivity index (χ1v) is 6.92. The monoisotopic (exact) mass is 249 g/mol. The van der Waals surface area contributed by atoms with E-state index in [2.05, 4.69) is 12.1 Å². The van der Waals surface area contributed by atoms with Crippen molar-refractivity contribution in [1.29, 1.82) is 0 Å². The van der Waals surface area contributed by atoms with Gasteiger partial charge in [-0.2, -0.15) is 0 Å². The maximum atomic E-state index is 5.71. The average molecular weight is 249 g/mol. The molecule has 3 heteroatoms. The fourth-order valence-corrected chi connectivity index (χ4v) is 2.29. The molecule has 1 aliphatic rings. The van der Waals surface area contributed by atoms with Crippen LogP contribution in [-0.2, 0) is 11.2 Å². The fourth-order valence-electron chi connectivity index (χ4n) is 2.29. The molecule has 1 fully saturated rings. The summed E-state index contributed by atoms with van der Waals surface area (Å²) in [5, 5.41) is 0. The molecule has 2 N–H and O–H groups in total. The van der Waals surface area contributed by atoms with Gasteiger partial charge in [-0.3, -0.25) is 0 Å². The van der Waals surface area contributed by atoms with Crippen LogP contribution >= 0.6 is 0 Å². The van der Waals surface area contributed by atoms with Crippen molar-refractivity contribution in [2.75, 3.05) is 19.8 Å². The Labute approximate surface area is 109 Å². The van der Waals surface area contributed by atoms with Crippen LogP contribution in [0, 0.1) is 0 Å². The molecular weight excluding hydrogens is 226 g/mol. The lowest BCUT2D eigenvalue weighted by atomic mass is 10.1. The first kappa shape index (κ1) is 13.4. The molecule has 18 heavy (non-hydrogen) atoms. The van der Waals surface area contributed by atoms with Crippen LogP contribution in [0.25, 0.3) is 0 Å². The summed E-state index contributed by atoms with van der Waals surface area (Å²) in [6.45, 7) is 2.41. The van der Waals surface area contributed by atoms with Crippen LogP contribution in [0.15, 0.2) is 24.3 Å². The molecule has 1 heterocycles. The number of hydrogen-bond donors (Lipinski definition) is 1. The van der Waals surface area contributed by atoms with E-state index >= 15 is 0 Å². The lowest BCUT2D eigenvalue weighted by molar-refractivity contribution is 0.0981. The van der Waals surface area contributed by atoms with Crippen LogP contribution in [0.2, 0.25) is 0 Å². The van der Waals surface area contributed by atoms with Crippen molar-refractivity contribution >= 4 is 0 Å². The van der Waals surface area contributed by atoms with Gasteiger partial charge in [0.1, 0.15) is 5.75 Å². The third kappa shape index (κ3) is 4.31. The second kappa shape index (κ2) is 7.39. The van der Waals surface area contributed by atoms with Crippen molar-refractivity contribution in [3.05, 3.63) is 29.8 Å². The zero-order valence-corrected chi connectivity index (χ0v) is 10.9. The first-order chi connectivity index (χ1) is 8.88. The smallest absolute Gasteiger partial charge is 0.119 e. The van der Waals surface area contributed by atoms with E-state index < -0.39 is 0 Å². The number of ether oxygens (including phenoxy) is 2. The van der Waals surface area contributed by atoms with Crippen molar-refractivity contribution in [2.45, 2.75) is 38.2 Å². The predicted octanol–water partition coefficient (Wildman–Crippen LogP) is 2.53. The van der Waals surface area contributed by atoms with E-state index in [-0.39, 0.29) is 0 Å². The molecule has 1 saturated heterocycles. The molecule has 0 bridgehead atoms. The van der Waals surface area contributed by atoms with Crippen LogP contribution in [0.1, 0.15) is 31.2 Å². The highest BCUT2D eigenvalue weighted by atomic mass is 16.5. The van der Waals surface area contributed by atoms with Crippen LogP contribution in [0.3, 0.4) is 0 Å². The van der Waals surface area contributed by atoms with E-state index in [1.54, 1.807) is 0 Å². The Hall–Kier alpha value is -1.06. The van der Waals surface area contributed by atoms with E-state index in [4.69, 9.17) is 15.2 Å². The third-order valence-corrected chi connectivity index (χ3v) is 3.32. The van der Waals surface area contributed by atoms with Gasteiger partial charge in [0.2, 0.25) is 0 Å². The standard InChI is InChI=1S/C15H23NO2/c16-10-9-13-5-7-15(8-6-13)18-12-2-4-14-3-1-11-17-14/h5-8,14H,1-4,9-12,16H2. The average Bonchev–Trinajstić information content (AvgIpc) is 2.90. The van der Waals surface area contributed by atoms with Gasteiger partial charge in [0.05, 0.1) is 12.7 Å². The Morgan fingerprint density at radius 1 is 1.28 bits per heavy atom. The summed E-state index contributed by atoms with van der Waals surface area (Å²) < 4.78 is 11.3. The Morgan fingerprint density at radius 2 is 2.11 bits per heavy atom. The summed E-state index contributed by atoms with van der Waals surface area (Å²) in [7, 11) is 0. The van der Waals surface area contributed by atoms with E-state index in [1.165, 1.54) is 18.4 Å². The molecular formula is C15H23NO2. The Kier molecular flexibility index (Phi) is 5.49. The molecule has 0 radical (unpaired) electrons. The minimum atomic E-state index is 0.473. The maximum absolute atomic E-state index is 5.71. The Bertz CT molecular complexity index is 331. The van der Waals surface area contributed by atoms with Crippen LogP contribution < -0.4 is 10.5 Å². The molecule has 0 aliphatic carbocycles. The molecule has 0 aromatic heterocycles. The largest absolute Gasteiger partial charge is 0.494 e. The van der Waals surface area contributed by atoms with Crippen molar-refractivity contribution in [1.82, 2.24) is 0 Å². The highest BCUT2D eigenvalue weighted by Gasteiger charge is 2.14. The summed E-state index contributed by atoms with van der Waals surface area (Å²) in [6.07, 6.45) is 6.02. The summed E-state index contributed by atoms with van der Waals surface area (Å²) >= 11 is 0. The van der Waals surface area contributed by atoms with E-state index in [9.17, 15) is 0 Å². The van der Waals surface area contributed by atoms with E-state index in [0.717, 1.165) is 38.2 Å². The first-order valence-electron chi connectivity index (χ1n) is 6.92. The minimum Gasteiger partial charge on any atom is -0.494 e. The SMILES string of the molecule is NCCc1ccc(OCCCC2CCCO2)cc1. The van der Waals surface area contributed by atoms with Crippen molar-refractivity contribution in [3.63, 3.8) is 0 Å². The topological polar surface area (TPSA) is 44.5 Å². The zero-order chi connectivity index (χ0) is 12.6. The van der Waals surface area contributed by atoms with Gasteiger partial charge in [0.15, 0.2) is 0 Å². The summed E-state index contributed by atoms with van der Waals surface area (Å²) in [4.78, 5) is 0. The number of benzene rings is 1. The lowest BCUT2D eigenvalue weighted by Gasteiger charge is -2.10. The van der Waals surface area contributed by atoms with Gasteiger partial charge in [0, 0.05) is 6.61 Å². The molecule has 2 rings (SSSR count). The second-order valence-corrected chi connectivity index (χ2v) is 4.81. The van der Waals surface area contributed by atoms with E-state index in [0.29, 0.717) is 12.6 Å². The van der Waals surface area contributed by atoms with Gasteiger partial charge in [-0.25, -0.2) is 0 Å². The van der Waals surface area contributed by atoms with Crippen LogP contribution in [0.5, 0.6) is 5.75 Å². The molecule has 1 aromatic rings. The molecule has 0 saturated carbocycles. The Morgan fingerprint density at radius 3 is 2.78 bits per heavy atom. The van der Waals surface area contributed by atoms with Gasteiger partial charge in [-0.1, -0.05) is 12.1 Å².